The molecule has 2 saturated heterocycles. The molecule has 5 rings (SSSR count). The predicted molar refractivity (Wildman–Crippen MR) is 135 cm³/mol. The predicted octanol–water partition coefficient (Wildman–Crippen LogP) is 4.79. The minimum atomic E-state index is -1.10. The lowest BCUT2D eigenvalue weighted by atomic mass is 10.0. The number of aromatic nitrogens is 1. The molecule has 10 heteroatoms. The molecule has 0 saturated carbocycles. The zero-order valence-electron chi connectivity index (χ0n) is 19.9. The topological polar surface area (TPSA) is 74.8 Å². The van der Waals surface area contributed by atoms with E-state index in [2.05, 4.69) is 10.3 Å². The number of benzene rings is 1. The molecule has 1 N–H and O–H groups in total. The zero-order chi connectivity index (χ0) is 25.1. The number of fused-ring (bicyclic) bond motifs is 1. The number of carbonyl (C=O) groups excluding carboxylic acids is 2. The number of carbonyl (C=O) groups is 2. The molecule has 4 heterocycles. The molecule has 0 unspecified atom stereocenters. The van der Waals surface area contributed by atoms with Crippen LogP contribution in [0.4, 0.5) is 9.18 Å². The molecule has 0 spiro atoms. The lowest BCUT2D eigenvalue weighted by molar-refractivity contribution is -0.131. The van der Waals surface area contributed by atoms with E-state index in [0.717, 1.165) is 31.8 Å². The Morgan fingerprint density at radius 2 is 2.03 bits per heavy atom. The molecular formula is C25H26ClFN4O3S. The molecule has 2 aliphatic rings. The first-order chi connectivity index (χ1) is 16.6. The number of likely N-dealkylation sites (N-methyl/N-ethyl adjacent to an activating group) is 1. The number of nitrogens with one attached hydrogen (secondary N) is 1. The minimum absolute atomic E-state index is 0.168. The van der Waals surface area contributed by atoms with Crippen LogP contribution in [0.3, 0.4) is 0 Å². The number of amides is 3. The summed E-state index contributed by atoms with van der Waals surface area (Å²) in [6, 6.07) is 7.07. The van der Waals surface area contributed by atoms with Crippen LogP contribution in [0.2, 0.25) is 5.02 Å². The maximum Gasteiger partial charge on any atom is 0.327 e. The van der Waals surface area contributed by atoms with Gasteiger partial charge in [-0.25, -0.2) is 9.18 Å². The Kier molecular flexibility index (Phi) is 5.97. The number of rotatable bonds is 5. The fourth-order valence-electron chi connectivity index (χ4n) is 4.53. The maximum atomic E-state index is 14.3. The molecule has 2 atom stereocenters. The first kappa shape index (κ1) is 24.0. The van der Waals surface area contributed by atoms with Crippen molar-refractivity contribution in [3.63, 3.8) is 0 Å². The van der Waals surface area contributed by atoms with E-state index in [0.29, 0.717) is 17.3 Å². The fraction of sp³-hybridized carbons (Fsp3) is 0.400. The third kappa shape index (κ3) is 4.05. The monoisotopic (exact) mass is 516 g/mol. The molecule has 0 aliphatic carbocycles. The third-order valence-electron chi connectivity index (χ3n) is 6.79. The van der Waals surface area contributed by atoms with E-state index in [-0.39, 0.29) is 25.0 Å². The number of alkyl halides is 1. The quantitative estimate of drug-likeness (QED) is 0.494. The van der Waals surface area contributed by atoms with Gasteiger partial charge >= 0.3 is 6.03 Å². The summed E-state index contributed by atoms with van der Waals surface area (Å²) in [4.78, 5) is 33.6. The summed E-state index contributed by atoms with van der Waals surface area (Å²) in [5.41, 5.74) is 2.27. The highest BCUT2D eigenvalue weighted by atomic mass is 35.5. The van der Waals surface area contributed by atoms with Crippen molar-refractivity contribution >= 4 is 45.1 Å². The molecule has 3 aromatic rings. The van der Waals surface area contributed by atoms with Gasteiger partial charge in [0.2, 0.25) is 0 Å². The Bertz CT molecular complexity index is 1340. The van der Waals surface area contributed by atoms with E-state index in [4.69, 9.17) is 16.3 Å². The highest BCUT2D eigenvalue weighted by Crippen LogP contribution is 2.42. The normalized spacial score (nSPS) is 22.0. The molecule has 1 aromatic carbocycles. The molecule has 0 bridgehead atoms. The Hall–Kier alpha value is -2.75. The van der Waals surface area contributed by atoms with E-state index >= 15 is 0 Å². The van der Waals surface area contributed by atoms with Crippen molar-refractivity contribution in [2.75, 3.05) is 20.1 Å². The number of urea groups is 1. The second-order valence-electron chi connectivity index (χ2n) is 9.51. The van der Waals surface area contributed by atoms with Crippen LogP contribution in [0.5, 0.6) is 5.75 Å². The first-order valence-electron chi connectivity index (χ1n) is 11.4. The lowest BCUT2D eigenvalue weighted by Crippen LogP contribution is -2.41. The number of halogens is 2. The van der Waals surface area contributed by atoms with Crippen molar-refractivity contribution in [1.29, 1.82) is 0 Å². The molecule has 7 nitrogen and oxygen atoms in total. The van der Waals surface area contributed by atoms with Gasteiger partial charge in [-0.05, 0) is 50.6 Å². The summed E-state index contributed by atoms with van der Waals surface area (Å²) in [6.07, 6.45) is 0.0193. The van der Waals surface area contributed by atoms with Gasteiger partial charge in [-0.3, -0.25) is 14.7 Å². The SMILES string of the molecule is Cc1cc(Cl)cc(-c2ccnc3cc(CN4C(=O)N(C)C(C)(C)C4=O)sc23)c1O[C@@H]1CNC[C@@H]1F. The average molecular weight is 517 g/mol. The Labute approximate surface area is 211 Å². The number of ether oxygens (including phenoxy) is 1. The molecule has 3 amide bonds. The molecule has 0 radical (unpaired) electrons. The number of aryl methyl sites for hydroxylation is 1. The van der Waals surface area contributed by atoms with Crippen LogP contribution < -0.4 is 10.1 Å². The molecular weight excluding hydrogens is 491 g/mol. The van der Waals surface area contributed by atoms with E-state index in [1.165, 1.54) is 21.1 Å². The maximum absolute atomic E-state index is 14.3. The van der Waals surface area contributed by atoms with Gasteiger partial charge in [-0.2, -0.15) is 0 Å². The smallest absolute Gasteiger partial charge is 0.327 e. The van der Waals surface area contributed by atoms with E-state index in [1.54, 1.807) is 33.2 Å². The largest absolute Gasteiger partial charge is 0.485 e. The summed E-state index contributed by atoms with van der Waals surface area (Å²) in [7, 11) is 1.63. The summed E-state index contributed by atoms with van der Waals surface area (Å²) in [5.74, 6) is 0.351. The second kappa shape index (κ2) is 8.72. The molecule has 184 valence electrons. The van der Waals surface area contributed by atoms with Gasteiger partial charge in [0, 0.05) is 47.4 Å². The third-order valence-corrected chi connectivity index (χ3v) is 8.15. The Morgan fingerprint density at radius 3 is 2.69 bits per heavy atom. The van der Waals surface area contributed by atoms with Crippen LogP contribution in [0.25, 0.3) is 21.3 Å². The van der Waals surface area contributed by atoms with Crippen molar-refractivity contribution < 1.29 is 18.7 Å². The van der Waals surface area contributed by atoms with Crippen LogP contribution in [0.15, 0.2) is 30.5 Å². The molecule has 2 fully saturated rings. The highest BCUT2D eigenvalue weighted by Gasteiger charge is 2.49. The lowest BCUT2D eigenvalue weighted by Gasteiger charge is -2.22. The number of pyridine rings is 1. The molecule has 35 heavy (non-hydrogen) atoms. The molecule has 2 aliphatic heterocycles. The average Bonchev–Trinajstić information content (AvgIpc) is 3.45. The number of nitrogens with zero attached hydrogens (tertiary/aromatic N) is 3. The fourth-order valence-corrected chi connectivity index (χ4v) is 5.93. The summed E-state index contributed by atoms with van der Waals surface area (Å²) in [6.45, 7) is 6.23. The number of hydrogen-bond acceptors (Lipinski definition) is 6. The van der Waals surface area contributed by atoms with Gasteiger partial charge in [0.25, 0.3) is 5.91 Å². The van der Waals surface area contributed by atoms with Crippen molar-refractivity contribution in [1.82, 2.24) is 20.1 Å². The van der Waals surface area contributed by atoms with Crippen molar-refractivity contribution in [3.8, 4) is 16.9 Å². The van der Waals surface area contributed by atoms with Gasteiger partial charge < -0.3 is 15.0 Å². The minimum Gasteiger partial charge on any atom is -0.485 e. The molecule has 2 aromatic heterocycles. The van der Waals surface area contributed by atoms with Crippen molar-refractivity contribution in [2.45, 2.75) is 45.1 Å². The first-order valence-corrected chi connectivity index (χ1v) is 12.6. The zero-order valence-corrected chi connectivity index (χ0v) is 21.5. The highest BCUT2D eigenvalue weighted by molar-refractivity contribution is 7.19. The van der Waals surface area contributed by atoms with Crippen molar-refractivity contribution in [2.24, 2.45) is 0 Å². The van der Waals surface area contributed by atoms with E-state index in [1.807, 2.05) is 25.1 Å². The van der Waals surface area contributed by atoms with Crippen molar-refractivity contribution in [3.05, 3.63) is 45.9 Å². The van der Waals surface area contributed by atoms with Crippen LogP contribution in [0, 0.1) is 6.92 Å². The standard InChI is InChI=1S/C25H26ClFN4O3S/c1-13-7-14(26)8-17(21(13)34-20-11-28-10-18(20)27)16-5-6-29-19-9-15(35-22(16)19)12-31-23(32)25(2,3)30(4)24(31)33/h5-9,18,20,28H,10-12H2,1-4H3/t18-,20+/m0/s1. The van der Waals surface area contributed by atoms with Gasteiger partial charge in [0.1, 0.15) is 17.4 Å². The van der Waals surface area contributed by atoms with Gasteiger partial charge in [-0.1, -0.05) is 11.6 Å². The number of thiophene rings is 1. The van der Waals surface area contributed by atoms with Crippen LogP contribution >= 0.6 is 22.9 Å². The van der Waals surface area contributed by atoms with Crippen LogP contribution in [-0.2, 0) is 11.3 Å². The number of imide groups is 1. The van der Waals surface area contributed by atoms with Crippen LogP contribution in [-0.4, -0.2) is 64.7 Å². The Morgan fingerprint density at radius 1 is 1.26 bits per heavy atom. The van der Waals surface area contributed by atoms with Gasteiger partial charge in [0.15, 0.2) is 6.17 Å². The van der Waals surface area contributed by atoms with Gasteiger partial charge in [-0.15, -0.1) is 11.3 Å². The number of hydrogen-bond donors (Lipinski definition) is 1. The summed E-state index contributed by atoms with van der Waals surface area (Å²) >= 11 is 7.88. The van der Waals surface area contributed by atoms with Crippen LogP contribution in [0.1, 0.15) is 24.3 Å². The van der Waals surface area contributed by atoms with E-state index in [9.17, 15) is 14.0 Å². The Balaban J connectivity index is 1.54. The summed E-state index contributed by atoms with van der Waals surface area (Å²) in [5, 5.41) is 3.57. The second-order valence-corrected chi connectivity index (χ2v) is 11.1. The van der Waals surface area contributed by atoms with E-state index < -0.39 is 17.8 Å². The van der Waals surface area contributed by atoms with Gasteiger partial charge in [0.05, 0.1) is 16.8 Å². The summed E-state index contributed by atoms with van der Waals surface area (Å²) < 4.78 is 21.4.